The van der Waals surface area contributed by atoms with Crippen LogP contribution in [0.5, 0.6) is 0 Å². The minimum atomic E-state index is -3.44. The molecule has 0 aromatic rings. The summed E-state index contributed by atoms with van der Waals surface area (Å²) in [5.41, 5.74) is 0.886. The summed E-state index contributed by atoms with van der Waals surface area (Å²) in [6.07, 6.45) is 0. The Labute approximate surface area is 74.7 Å². The molecule has 2 nitrogen and oxygen atoms in total. The average Bonchev–Trinajstić information content (AvgIpc) is 1.86. The molecule has 0 aromatic carbocycles. The van der Waals surface area contributed by atoms with Crippen molar-refractivity contribution in [3.63, 3.8) is 0 Å². The molecule has 1 unspecified atom stereocenters. The first-order valence-corrected chi connectivity index (χ1v) is 5.27. The highest BCUT2D eigenvalue weighted by Crippen LogP contribution is 2.10. The molecule has 0 bridgehead atoms. The molecule has 0 saturated heterocycles. The third kappa shape index (κ3) is 3.10. The van der Waals surface area contributed by atoms with Gasteiger partial charge in [0.25, 0.3) is 0 Å². The van der Waals surface area contributed by atoms with E-state index in [1.54, 1.807) is 0 Å². The predicted molar refractivity (Wildman–Crippen MR) is 44.3 cm³/mol. The molecule has 0 saturated carbocycles. The monoisotopic (exact) mass is 222 g/mol. The standard InChI is InChI=1S/C4H5Cl3O2S/c5-1-2-10(8,9)4(7)3-6/h1-2,4H,3H2/b2-1+. The van der Waals surface area contributed by atoms with Crippen LogP contribution in [0.2, 0.25) is 0 Å². The lowest BCUT2D eigenvalue weighted by molar-refractivity contribution is 0.603. The van der Waals surface area contributed by atoms with Gasteiger partial charge in [-0.25, -0.2) is 8.42 Å². The SMILES string of the molecule is O=S(=O)(/C=C/Cl)C(Cl)CCl. The zero-order valence-electron chi connectivity index (χ0n) is 4.80. The summed E-state index contributed by atoms with van der Waals surface area (Å²) >= 11 is 15.5. The van der Waals surface area contributed by atoms with Crippen LogP contribution in [0, 0.1) is 0 Å². The zero-order valence-corrected chi connectivity index (χ0v) is 7.88. The van der Waals surface area contributed by atoms with Crippen LogP contribution >= 0.6 is 34.8 Å². The second-order valence-electron chi connectivity index (χ2n) is 1.42. The first kappa shape index (κ1) is 10.6. The second kappa shape index (κ2) is 4.44. The van der Waals surface area contributed by atoms with Crippen molar-refractivity contribution in [2.75, 3.05) is 5.88 Å². The second-order valence-corrected chi connectivity index (χ2v) is 4.78. The fourth-order valence-corrected chi connectivity index (χ4v) is 1.87. The van der Waals surface area contributed by atoms with E-state index in [4.69, 9.17) is 34.8 Å². The van der Waals surface area contributed by atoms with E-state index in [-0.39, 0.29) is 5.88 Å². The number of hydrogen-bond donors (Lipinski definition) is 0. The van der Waals surface area contributed by atoms with Gasteiger partial charge in [0.05, 0.1) is 5.88 Å². The third-order valence-electron chi connectivity index (χ3n) is 0.719. The van der Waals surface area contributed by atoms with Gasteiger partial charge in [0, 0.05) is 10.9 Å². The Hall–Kier alpha value is 0.560. The molecule has 0 spiro atoms. The van der Waals surface area contributed by atoms with Crippen molar-refractivity contribution in [1.29, 1.82) is 0 Å². The van der Waals surface area contributed by atoms with Crippen LogP contribution in [-0.2, 0) is 9.84 Å². The average molecular weight is 224 g/mol. The van der Waals surface area contributed by atoms with Gasteiger partial charge in [-0.05, 0) is 0 Å². The quantitative estimate of drug-likeness (QED) is 0.685. The lowest BCUT2D eigenvalue weighted by atomic mass is 10.9. The highest BCUT2D eigenvalue weighted by Gasteiger charge is 2.17. The van der Waals surface area contributed by atoms with Gasteiger partial charge >= 0.3 is 0 Å². The Morgan fingerprint density at radius 3 is 2.30 bits per heavy atom. The fourth-order valence-electron chi connectivity index (χ4n) is 0.245. The molecule has 0 aliphatic carbocycles. The minimum absolute atomic E-state index is 0.148. The Kier molecular flexibility index (Phi) is 4.69. The summed E-state index contributed by atoms with van der Waals surface area (Å²) in [7, 11) is -3.44. The van der Waals surface area contributed by atoms with E-state index < -0.39 is 14.5 Å². The minimum Gasteiger partial charge on any atom is -0.223 e. The molecule has 6 heteroatoms. The summed E-state index contributed by atoms with van der Waals surface area (Å²) in [4.78, 5) is 0. The fraction of sp³-hybridized carbons (Fsp3) is 0.500. The van der Waals surface area contributed by atoms with E-state index in [2.05, 4.69) is 0 Å². The summed E-state index contributed by atoms with van der Waals surface area (Å²) in [5.74, 6) is -0.148. The lowest BCUT2D eigenvalue weighted by Gasteiger charge is -2.00. The lowest BCUT2D eigenvalue weighted by Crippen LogP contribution is -2.13. The van der Waals surface area contributed by atoms with Crippen molar-refractivity contribution in [2.24, 2.45) is 0 Å². The highest BCUT2D eigenvalue weighted by molar-refractivity contribution is 7.96. The van der Waals surface area contributed by atoms with E-state index >= 15 is 0 Å². The first-order valence-electron chi connectivity index (χ1n) is 2.25. The van der Waals surface area contributed by atoms with Crippen LogP contribution in [0.15, 0.2) is 10.9 Å². The van der Waals surface area contributed by atoms with Crippen molar-refractivity contribution in [3.8, 4) is 0 Å². The normalized spacial score (nSPS) is 15.9. The summed E-state index contributed by atoms with van der Waals surface area (Å²) in [5, 5.41) is 0.814. The summed E-state index contributed by atoms with van der Waals surface area (Å²) in [6, 6.07) is 0. The molecule has 0 radical (unpaired) electrons. The summed E-state index contributed by atoms with van der Waals surface area (Å²) in [6.45, 7) is 0. The molecule has 0 amide bonds. The van der Waals surface area contributed by atoms with Crippen LogP contribution in [0.25, 0.3) is 0 Å². The van der Waals surface area contributed by atoms with Gasteiger partial charge in [-0.2, -0.15) is 0 Å². The van der Waals surface area contributed by atoms with Crippen LogP contribution in [0.1, 0.15) is 0 Å². The molecule has 0 rings (SSSR count). The topological polar surface area (TPSA) is 34.1 Å². The first-order chi connectivity index (χ1) is 4.54. The van der Waals surface area contributed by atoms with Crippen LogP contribution in [0.3, 0.4) is 0 Å². The molecular formula is C4H5Cl3O2S. The van der Waals surface area contributed by atoms with E-state index in [0.717, 1.165) is 10.9 Å². The van der Waals surface area contributed by atoms with E-state index in [1.165, 1.54) is 0 Å². The van der Waals surface area contributed by atoms with Crippen molar-refractivity contribution in [2.45, 2.75) is 4.71 Å². The van der Waals surface area contributed by atoms with Gasteiger partial charge in [0.1, 0.15) is 0 Å². The molecule has 10 heavy (non-hydrogen) atoms. The van der Waals surface area contributed by atoms with Crippen molar-refractivity contribution < 1.29 is 8.42 Å². The Morgan fingerprint density at radius 1 is 1.50 bits per heavy atom. The van der Waals surface area contributed by atoms with E-state index in [9.17, 15) is 8.42 Å². The predicted octanol–water partition coefficient (Wildman–Crippen LogP) is 1.91. The van der Waals surface area contributed by atoms with Crippen molar-refractivity contribution in [3.05, 3.63) is 10.9 Å². The number of sulfone groups is 1. The zero-order chi connectivity index (χ0) is 8.20. The number of alkyl halides is 2. The van der Waals surface area contributed by atoms with Crippen molar-refractivity contribution in [1.82, 2.24) is 0 Å². The van der Waals surface area contributed by atoms with Gasteiger partial charge < -0.3 is 0 Å². The van der Waals surface area contributed by atoms with Gasteiger partial charge in [0.2, 0.25) is 0 Å². The van der Waals surface area contributed by atoms with E-state index in [0.29, 0.717) is 0 Å². The molecule has 0 aliphatic heterocycles. The van der Waals surface area contributed by atoms with Crippen LogP contribution < -0.4 is 0 Å². The maximum atomic E-state index is 10.8. The van der Waals surface area contributed by atoms with Gasteiger partial charge in [-0.1, -0.05) is 11.6 Å². The van der Waals surface area contributed by atoms with Crippen LogP contribution in [0.4, 0.5) is 0 Å². The molecule has 0 heterocycles. The molecule has 0 fully saturated rings. The number of hydrogen-bond acceptors (Lipinski definition) is 2. The number of rotatable bonds is 3. The Balaban J connectivity index is 4.42. The van der Waals surface area contributed by atoms with Gasteiger partial charge in [-0.3, -0.25) is 0 Å². The third-order valence-corrected chi connectivity index (χ3v) is 3.94. The molecule has 0 aliphatic rings. The van der Waals surface area contributed by atoms with Crippen molar-refractivity contribution >= 4 is 44.6 Å². The van der Waals surface area contributed by atoms with Gasteiger partial charge in [-0.15, -0.1) is 23.2 Å². The maximum Gasteiger partial charge on any atom is 0.190 e. The van der Waals surface area contributed by atoms with Crippen LogP contribution in [-0.4, -0.2) is 19.0 Å². The van der Waals surface area contributed by atoms with Gasteiger partial charge in [0.15, 0.2) is 14.5 Å². The molecule has 60 valence electrons. The number of halogens is 3. The van der Waals surface area contributed by atoms with E-state index in [1.807, 2.05) is 0 Å². The summed E-state index contributed by atoms with van der Waals surface area (Å²) < 4.78 is 20.5. The highest BCUT2D eigenvalue weighted by atomic mass is 35.5. The smallest absolute Gasteiger partial charge is 0.190 e. The Morgan fingerprint density at radius 2 is 2.00 bits per heavy atom. The maximum absolute atomic E-state index is 10.8. The Bertz CT molecular complexity index is 209. The largest absolute Gasteiger partial charge is 0.223 e. The molecular weight excluding hydrogens is 218 g/mol. The molecule has 1 atom stereocenters. The molecule has 0 aromatic heterocycles. The molecule has 0 N–H and O–H groups in total.